The van der Waals surface area contributed by atoms with Gasteiger partial charge in [0.05, 0.1) is 13.2 Å². The molecule has 1 rings (SSSR count). The van der Waals surface area contributed by atoms with Crippen molar-refractivity contribution >= 4 is 5.97 Å². The first-order chi connectivity index (χ1) is 7.13. The highest BCUT2D eigenvalue weighted by molar-refractivity contribution is 5.87. The van der Waals surface area contributed by atoms with Crippen LogP contribution in [0.4, 0.5) is 0 Å². The number of carbonyl (C=O) groups excluding carboxylic acids is 1. The first-order valence-electron chi connectivity index (χ1n) is 4.57. The van der Waals surface area contributed by atoms with Crippen molar-refractivity contribution in [3.05, 3.63) is 23.5 Å². The second-order valence-corrected chi connectivity index (χ2v) is 3.15. The zero-order chi connectivity index (χ0) is 11.3. The molecule has 15 heavy (non-hydrogen) atoms. The van der Waals surface area contributed by atoms with Crippen molar-refractivity contribution in [2.24, 2.45) is 0 Å². The number of rotatable bonds is 2. The SMILES string of the molecule is COC(=O)c1cc(C#CCC(C)O)c[nH]1. The first-order valence-corrected chi connectivity index (χ1v) is 4.57. The second-order valence-electron chi connectivity index (χ2n) is 3.15. The highest BCUT2D eigenvalue weighted by atomic mass is 16.5. The molecule has 4 heteroatoms. The summed E-state index contributed by atoms with van der Waals surface area (Å²) < 4.78 is 4.53. The van der Waals surface area contributed by atoms with Gasteiger partial charge in [-0.1, -0.05) is 11.8 Å². The quantitative estimate of drug-likeness (QED) is 0.560. The van der Waals surface area contributed by atoms with Gasteiger partial charge in [-0.15, -0.1) is 0 Å². The monoisotopic (exact) mass is 207 g/mol. The van der Waals surface area contributed by atoms with Crippen molar-refractivity contribution in [2.45, 2.75) is 19.4 Å². The Bertz CT molecular complexity index is 395. The number of aliphatic hydroxyl groups excluding tert-OH is 1. The maximum absolute atomic E-state index is 11.1. The molecular weight excluding hydrogens is 194 g/mol. The van der Waals surface area contributed by atoms with E-state index in [1.807, 2.05) is 0 Å². The van der Waals surface area contributed by atoms with Gasteiger partial charge >= 0.3 is 5.97 Å². The fourth-order valence-corrected chi connectivity index (χ4v) is 0.995. The Kier molecular flexibility index (Phi) is 3.95. The lowest BCUT2D eigenvalue weighted by Gasteiger charge is -1.92. The minimum Gasteiger partial charge on any atom is -0.464 e. The van der Waals surface area contributed by atoms with E-state index in [9.17, 15) is 4.79 Å². The number of hydrogen-bond donors (Lipinski definition) is 2. The molecule has 0 aliphatic heterocycles. The van der Waals surface area contributed by atoms with Gasteiger partial charge in [-0.2, -0.15) is 0 Å². The molecular formula is C11H13NO3. The van der Waals surface area contributed by atoms with E-state index in [1.165, 1.54) is 7.11 Å². The van der Waals surface area contributed by atoms with E-state index in [0.717, 1.165) is 0 Å². The Morgan fingerprint density at radius 3 is 3.07 bits per heavy atom. The van der Waals surface area contributed by atoms with E-state index >= 15 is 0 Å². The fourth-order valence-electron chi connectivity index (χ4n) is 0.995. The number of aromatic amines is 1. The van der Waals surface area contributed by atoms with Crippen LogP contribution >= 0.6 is 0 Å². The van der Waals surface area contributed by atoms with Crippen LogP contribution in [0.25, 0.3) is 0 Å². The molecule has 0 saturated carbocycles. The fraction of sp³-hybridized carbons (Fsp3) is 0.364. The first kappa shape index (κ1) is 11.3. The third kappa shape index (κ3) is 3.49. The Morgan fingerprint density at radius 1 is 1.73 bits per heavy atom. The van der Waals surface area contributed by atoms with E-state index in [2.05, 4.69) is 21.6 Å². The minimum absolute atomic E-state index is 0.374. The summed E-state index contributed by atoms with van der Waals surface area (Å²) >= 11 is 0. The molecule has 0 saturated heterocycles. The standard InChI is InChI=1S/C11H13NO3/c1-8(13)4-3-5-9-6-10(12-7-9)11(14)15-2/h6-8,12-13H,4H2,1-2H3. The van der Waals surface area contributed by atoms with Crippen LogP contribution in [0.15, 0.2) is 12.3 Å². The number of aliphatic hydroxyl groups is 1. The highest BCUT2D eigenvalue weighted by Gasteiger charge is 2.06. The van der Waals surface area contributed by atoms with Crippen molar-refractivity contribution < 1.29 is 14.6 Å². The van der Waals surface area contributed by atoms with Crippen LogP contribution in [0.2, 0.25) is 0 Å². The number of hydrogen-bond acceptors (Lipinski definition) is 3. The minimum atomic E-state index is -0.434. The van der Waals surface area contributed by atoms with Crippen molar-refractivity contribution in [2.75, 3.05) is 7.11 Å². The molecule has 2 N–H and O–H groups in total. The van der Waals surface area contributed by atoms with Crippen LogP contribution in [0, 0.1) is 11.8 Å². The maximum atomic E-state index is 11.1. The third-order valence-corrected chi connectivity index (χ3v) is 1.72. The van der Waals surface area contributed by atoms with E-state index in [1.54, 1.807) is 19.2 Å². The largest absolute Gasteiger partial charge is 0.464 e. The summed E-state index contributed by atoms with van der Waals surface area (Å²) in [5.74, 6) is 5.21. The van der Waals surface area contributed by atoms with Gasteiger partial charge in [-0.3, -0.25) is 0 Å². The van der Waals surface area contributed by atoms with Crippen LogP contribution in [-0.2, 0) is 4.74 Å². The Morgan fingerprint density at radius 2 is 2.47 bits per heavy atom. The van der Waals surface area contributed by atoms with Gasteiger partial charge in [-0.25, -0.2) is 4.79 Å². The van der Waals surface area contributed by atoms with E-state index in [0.29, 0.717) is 17.7 Å². The summed E-state index contributed by atoms with van der Waals surface area (Å²) in [4.78, 5) is 13.8. The molecule has 1 heterocycles. The maximum Gasteiger partial charge on any atom is 0.354 e. The molecule has 0 spiro atoms. The number of carbonyl (C=O) groups is 1. The Labute approximate surface area is 88.3 Å². The van der Waals surface area contributed by atoms with Crippen LogP contribution in [0.1, 0.15) is 29.4 Å². The molecule has 4 nitrogen and oxygen atoms in total. The van der Waals surface area contributed by atoms with Crippen molar-refractivity contribution in [1.82, 2.24) is 4.98 Å². The van der Waals surface area contributed by atoms with Crippen LogP contribution < -0.4 is 0 Å². The zero-order valence-electron chi connectivity index (χ0n) is 8.70. The lowest BCUT2D eigenvalue weighted by Crippen LogP contribution is -2.00. The molecule has 1 unspecified atom stereocenters. The van der Waals surface area contributed by atoms with Crippen molar-refractivity contribution in [3.8, 4) is 11.8 Å². The van der Waals surface area contributed by atoms with E-state index in [4.69, 9.17) is 5.11 Å². The molecule has 0 fully saturated rings. The van der Waals surface area contributed by atoms with Gasteiger partial charge in [-0.05, 0) is 13.0 Å². The molecule has 0 aliphatic rings. The summed E-state index contributed by atoms with van der Waals surface area (Å²) in [5, 5.41) is 8.98. The lowest BCUT2D eigenvalue weighted by molar-refractivity contribution is 0.0595. The predicted octanol–water partition coefficient (Wildman–Crippen LogP) is 0.924. The highest BCUT2D eigenvalue weighted by Crippen LogP contribution is 2.03. The third-order valence-electron chi connectivity index (χ3n) is 1.72. The van der Waals surface area contributed by atoms with Crippen LogP contribution in [0.5, 0.6) is 0 Å². The summed E-state index contributed by atoms with van der Waals surface area (Å²) in [7, 11) is 1.32. The Hall–Kier alpha value is -1.73. The molecule has 0 bridgehead atoms. The van der Waals surface area contributed by atoms with E-state index in [-0.39, 0.29) is 0 Å². The second kappa shape index (κ2) is 5.23. The normalized spacial score (nSPS) is 11.4. The zero-order valence-corrected chi connectivity index (χ0v) is 8.70. The molecule has 1 aromatic heterocycles. The summed E-state index contributed by atoms with van der Waals surface area (Å²) in [6.07, 6.45) is 1.61. The van der Waals surface area contributed by atoms with Crippen molar-refractivity contribution in [3.63, 3.8) is 0 Å². The van der Waals surface area contributed by atoms with E-state index < -0.39 is 12.1 Å². The number of H-pyrrole nitrogens is 1. The number of methoxy groups -OCH3 is 1. The van der Waals surface area contributed by atoms with Crippen molar-refractivity contribution in [1.29, 1.82) is 0 Å². The molecule has 1 aromatic rings. The molecule has 1 atom stereocenters. The van der Waals surface area contributed by atoms with Gasteiger partial charge in [0.1, 0.15) is 5.69 Å². The van der Waals surface area contributed by atoms with Crippen LogP contribution in [-0.4, -0.2) is 29.3 Å². The number of nitrogens with one attached hydrogen (secondary N) is 1. The molecule has 0 radical (unpaired) electrons. The summed E-state index contributed by atoms with van der Waals surface area (Å²) in [6.45, 7) is 1.67. The lowest BCUT2D eigenvalue weighted by atomic mass is 10.2. The Balaban J connectivity index is 2.67. The average Bonchev–Trinajstić information content (AvgIpc) is 2.65. The topological polar surface area (TPSA) is 62.3 Å². The number of esters is 1. The van der Waals surface area contributed by atoms with Gasteiger partial charge in [0, 0.05) is 18.2 Å². The van der Waals surface area contributed by atoms with Gasteiger partial charge in [0.25, 0.3) is 0 Å². The smallest absolute Gasteiger partial charge is 0.354 e. The number of aromatic nitrogens is 1. The average molecular weight is 207 g/mol. The summed E-state index contributed by atoms with van der Waals surface area (Å²) in [6, 6.07) is 1.61. The summed E-state index contributed by atoms with van der Waals surface area (Å²) in [5.41, 5.74) is 1.08. The molecule has 80 valence electrons. The van der Waals surface area contributed by atoms with Crippen LogP contribution in [0.3, 0.4) is 0 Å². The number of ether oxygens (including phenoxy) is 1. The molecule has 0 amide bonds. The van der Waals surface area contributed by atoms with Gasteiger partial charge < -0.3 is 14.8 Å². The predicted molar refractivity (Wildman–Crippen MR) is 55.3 cm³/mol. The van der Waals surface area contributed by atoms with Gasteiger partial charge in [0.2, 0.25) is 0 Å². The molecule has 0 aromatic carbocycles. The molecule has 0 aliphatic carbocycles. The van der Waals surface area contributed by atoms with Gasteiger partial charge in [0.15, 0.2) is 0 Å².